The van der Waals surface area contributed by atoms with Gasteiger partial charge in [0.2, 0.25) is 0 Å². The molecular weight excluding hydrogens is 622 g/mol. The van der Waals surface area contributed by atoms with E-state index in [-0.39, 0.29) is 76.7 Å². The van der Waals surface area contributed by atoms with E-state index >= 15 is 0 Å². The fourth-order valence-electron chi connectivity index (χ4n) is 2.29. The normalized spacial score (nSPS) is 8.95. The van der Waals surface area contributed by atoms with Crippen LogP contribution in [0.3, 0.4) is 0 Å². The summed E-state index contributed by atoms with van der Waals surface area (Å²) in [5.41, 5.74) is 3.30. The molecule has 4 aromatic rings. The Labute approximate surface area is 297 Å². The first-order chi connectivity index (χ1) is 18.2. The molecule has 15 heteroatoms. The number of rotatable bonds is 3. The second-order valence-electron chi connectivity index (χ2n) is 6.72. The number of aliphatic hydroxyl groups excluding tert-OH is 1. The predicted octanol–water partition coefficient (Wildman–Crippen LogP) is 3.40. The molecule has 220 valence electrons. The van der Waals surface area contributed by atoms with Crippen molar-refractivity contribution in [2.45, 2.75) is 28.2 Å². The van der Waals surface area contributed by atoms with Crippen LogP contribution in [0.15, 0.2) is 78.5 Å². The number of nitrogens with one attached hydrogen (secondary N) is 1. The quantitative estimate of drug-likeness (QED) is 0.0721. The first-order valence-corrected chi connectivity index (χ1v) is 11.9. The first-order valence-electron chi connectivity index (χ1n) is 10.8. The molecule has 0 spiro atoms. The number of oxime groups is 1. The maximum Gasteiger partial charge on any atom is 1.00 e. The topological polar surface area (TPSA) is 201 Å². The van der Waals surface area contributed by atoms with Gasteiger partial charge in [-0.2, -0.15) is 0 Å². The van der Waals surface area contributed by atoms with Crippen molar-refractivity contribution in [3.63, 3.8) is 0 Å². The summed E-state index contributed by atoms with van der Waals surface area (Å²) in [5, 5.41) is 27.3. The molecule has 7 N–H and O–H groups in total. The molecule has 4 rings (SSSR count). The number of carbonyl (C=O) groups excluding carboxylic acids is 1. The predicted molar refractivity (Wildman–Crippen MR) is 159 cm³/mol. The van der Waals surface area contributed by atoms with Gasteiger partial charge in [-0.15, -0.1) is 0 Å². The minimum Gasteiger partial charge on any atom is -0.870 e. The van der Waals surface area contributed by atoms with Crippen molar-refractivity contribution in [2.75, 3.05) is 6.61 Å². The Morgan fingerprint density at radius 1 is 0.902 bits per heavy atom. The second kappa shape index (κ2) is 28.3. The molecule has 0 unspecified atom stereocenters. The van der Waals surface area contributed by atoms with Gasteiger partial charge in [0.1, 0.15) is 11.4 Å². The van der Waals surface area contributed by atoms with E-state index in [1.54, 1.807) is 56.6 Å². The third kappa shape index (κ3) is 20.7. The van der Waals surface area contributed by atoms with E-state index in [0.29, 0.717) is 32.2 Å². The van der Waals surface area contributed by atoms with Crippen molar-refractivity contribution in [1.29, 1.82) is 0 Å². The third-order valence-electron chi connectivity index (χ3n) is 3.92. The first kappa shape index (κ1) is 46.2. The molecule has 4 heterocycles. The van der Waals surface area contributed by atoms with E-state index in [0.717, 1.165) is 11.4 Å². The van der Waals surface area contributed by atoms with Gasteiger partial charge in [0.15, 0.2) is 5.78 Å². The Kier molecular flexibility index (Phi) is 31.9. The van der Waals surface area contributed by atoms with Gasteiger partial charge in [-0.05, 0) is 62.4 Å². The van der Waals surface area contributed by atoms with E-state index in [1.807, 2.05) is 24.4 Å². The Bertz CT molecular complexity index is 1250. The summed E-state index contributed by atoms with van der Waals surface area (Å²) in [6.07, 6.45) is 6.63. The average molecular weight is 656 g/mol. The van der Waals surface area contributed by atoms with Gasteiger partial charge in [0, 0.05) is 53.4 Å². The SMILES string of the molecule is C.C/C(=N\O)c1cc(Cl)ccn1.CC(=O)c1cc(Cl)ccn1.CCO.Clc1ccnc(-c2ccc[nH]2)c1.NO.[K+].[OH-]. The molecule has 0 radical (unpaired) electrons. The van der Waals surface area contributed by atoms with Crippen molar-refractivity contribution in [2.24, 2.45) is 11.1 Å². The van der Waals surface area contributed by atoms with Gasteiger partial charge in [0.05, 0.1) is 17.1 Å². The molecule has 0 aromatic carbocycles. The smallest absolute Gasteiger partial charge is 0.870 e. The Balaban J connectivity index is -0.000000225. The molecule has 0 bridgehead atoms. The van der Waals surface area contributed by atoms with Crippen molar-refractivity contribution >= 4 is 46.3 Å². The molecule has 0 atom stereocenters. The molecule has 0 aliphatic heterocycles. The number of halogens is 3. The van der Waals surface area contributed by atoms with E-state index < -0.39 is 0 Å². The molecule has 0 amide bonds. The molecule has 0 fully saturated rings. The summed E-state index contributed by atoms with van der Waals surface area (Å²) >= 11 is 17.1. The molecule has 0 aliphatic carbocycles. The number of hydrogen-bond donors (Lipinski definition) is 5. The van der Waals surface area contributed by atoms with E-state index in [9.17, 15) is 4.79 Å². The number of nitrogens with zero attached hydrogens (tertiary/aromatic N) is 4. The number of aromatic nitrogens is 4. The number of aliphatic hydroxyl groups is 1. The number of H-pyrrole nitrogens is 1. The number of hydrogen-bond acceptors (Lipinski definition) is 10. The molecule has 4 aromatic heterocycles. The van der Waals surface area contributed by atoms with Gasteiger partial charge >= 0.3 is 51.4 Å². The van der Waals surface area contributed by atoms with Crippen LogP contribution in [0.5, 0.6) is 0 Å². The third-order valence-corrected chi connectivity index (χ3v) is 4.63. The van der Waals surface area contributed by atoms with Crippen LogP contribution in [0.2, 0.25) is 15.1 Å². The Morgan fingerprint density at radius 2 is 1.34 bits per heavy atom. The number of ketones is 1. The maximum absolute atomic E-state index is 10.7. The van der Waals surface area contributed by atoms with Crippen LogP contribution < -0.4 is 57.3 Å². The monoisotopic (exact) mass is 654 g/mol. The second-order valence-corrected chi connectivity index (χ2v) is 8.03. The van der Waals surface area contributed by atoms with Crippen molar-refractivity contribution in [3.05, 3.63) is 99.8 Å². The fourth-order valence-corrected chi connectivity index (χ4v) is 2.77. The van der Waals surface area contributed by atoms with Gasteiger partial charge in [-0.25, -0.2) is 5.90 Å². The van der Waals surface area contributed by atoms with Crippen LogP contribution in [0.25, 0.3) is 11.4 Å². The molecule has 0 saturated carbocycles. The standard InChI is InChI=1S/C9H7ClN2.C7H7ClN2O.C7H6ClNO.C2H6O.CH4.K.H3NO.H2O/c10-7-3-5-12-9(6-7)8-2-1-4-11-8;1-5(10-11)7-4-6(8)2-3-9-7;1-5(10)7-4-6(8)2-3-9-7;1-2-3;;;1-2;/h1-6,11H;2-4,11H,1H3;2-4H,1H3;3H,2H2,1H3;1H4;;2H,1H2;1H2/q;;;;;+1;;/p-1/b;10-5+;;;;;;. The molecule has 0 aliphatic rings. The van der Waals surface area contributed by atoms with Crippen LogP contribution >= 0.6 is 34.8 Å². The minimum atomic E-state index is -0.0671. The van der Waals surface area contributed by atoms with Crippen molar-refractivity contribution in [1.82, 2.24) is 19.9 Å². The van der Waals surface area contributed by atoms with Crippen molar-refractivity contribution < 1.29 is 77.2 Å². The van der Waals surface area contributed by atoms with Crippen LogP contribution in [0.4, 0.5) is 0 Å². The van der Waals surface area contributed by atoms with Gasteiger partial charge < -0.3 is 26.0 Å². The molecule has 41 heavy (non-hydrogen) atoms. The number of Topliss-reactive ketones (excluding diaryl/α,β-unsaturated/α-hetero) is 1. The summed E-state index contributed by atoms with van der Waals surface area (Å²) in [6, 6.07) is 13.9. The van der Waals surface area contributed by atoms with Crippen LogP contribution in [0, 0.1) is 0 Å². The minimum absolute atomic E-state index is 0. The Morgan fingerprint density at radius 3 is 1.71 bits per heavy atom. The van der Waals surface area contributed by atoms with Crippen LogP contribution in [-0.4, -0.2) is 59.0 Å². The van der Waals surface area contributed by atoms with Gasteiger partial charge in [0.25, 0.3) is 0 Å². The summed E-state index contributed by atoms with van der Waals surface area (Å²) in [4.78, 5) is 25.6. The van der Waals surface area contributed by atoms with E-state index in [4.69, 9.17) is 50.3 Å². The van der Waals surface area contributed by atoms with Gasteiger partial charge in [-0.1, -0.05) is 47.4 Å². The molecule has 11 nitrogen and oxygen atoms in total. The summed E-state index contributed by atoms with van der Waals surface area (Å²) < 4.78 is 0. The summed E-state index contributed by atoms with van der Waals surface area (Å²) in [7, 11) is 0. The average Bonchev–Trinajstić information content (AvgIpc) is 3.46. The number of pyridine rings is 3. The molecule has 0 saturated heterocycles. The zero-order chi connectivity index (χ0) is 28.9. The van der Waals surface area contributed by atoms with Crippen LogP contribution in [0.1, 0.15) is 44.4 Å². The fraction of sp³-hybridized carbons (Fsp3) is 0.192. The van der Waals surface area contributed by atoms with E-state index in [2.05, 4.69) is 31.0 Å². The largest absolute Gasteiger partial charge is 1.00 e. The van der Waals surface area contributed by atoms with Crippen LogP contribution in [-0.2, 0) is 0 Å². The summed E-state index contributed by atoms with van der Waals surface area (Å²) in [6.45, 7) is 5.04. The zero-order valence-corrected chi connectivity index (χ0v) is 27.7. The molecular formula is C26H34Cl3KN6O5. The zero-order valence-electron chi connectivity index (χ0n) is 22.3. The number of nitrogens with two attached hydrogens (primary N) is 1. The van der Waals surface area contributed by atoms with Gasteiger partial charge in [-0.3, -0.25) is 19.7 Å². The number of aromatic amines is 1. The number of carbonyl (C=O) groups is 1. The Hall–Kier alpha value is -1.78. The summed E-state index contributed by atoms with van der Waals surface area (Å²) in [5.74, 6) is 3.43. The van der Waals surface area contributed by atoms with Crippen molar-refractivity contribution in [3.8, 4) is 11.4 Å². The van der Waals surface area contributed by atoms with E-state index in [1.165, 1.54) is 13.1 Å². The maximum atomic E-state index is 10.7.